The van der Waals surface area contributed by atoms with Crippen LogP contribution in [0.5, 0.6) is 0 Å². The van der Waals surface area contributed by atoms with Crippen LogP contribution in [0.25, 0.3) is 0 Å². The summed E-state index contributed by atoms with van der Waals surface area (Å²) < 4.78 is 2.22. The molecule has 6 nitrogen and oxygen atoms in total. The number of aromatic nitrogens is 4. The third kappa shape index (κ3) is 2.62. The Kier molecular flexibility index (Phi) is 3.81. The van der Waals surface area contributed by atoms with E-state index in [9.17, 15) is 4.79 Å². The van der Waals surface area contributed by atoms with E-state index in [1.807, 2.05) is 17.3 Å². The predicted molar refractivity (Wildman–Crippen MR) is 84.6 cm³/mol. The average Bonchev–Trinajstić information content (AvgIpc) is 3.24. The van der Waals surface area contributed by atoms with Gasteiger partial charge < -0.3 is 9.47 Å². The second kappa shape index (κ2) is 6.10. The molecule has 0 spiro atoms. The summed E-state index contributed by atoms with van der Waals surface area (Å²) in [6.07, 6.45) is 12.9. The number of hydrogen-bond acceptors (Lipinski definition) is 4. The summed E-state index contributed by atoms with van der Waals surface area (Å²) in [7, 11) is 0. The number of amides is 1. The molecule has 1 fully saturated rings. The van der Waals surface area contributed by atoms with Crippen molar-refractivity contribution in [1.82, 2.24) is 24.6 Å². The van der Waals surface area contributed by atoms with E-state index in [2.05, 4.69) is 19.7 Å². The van der Waals surface area contributed by atoms with E-state index < -0.39 is 0 Å². The standard InChI is InChI=1S/C17H21N5O/c23-17(14-6-7-19-20-12-14)22-10-3-9-21-11-8-18-16(21)15(22)13-4-1-2-5-13/h6-8,11-13,15H,1-5,9-10H2. The molecule has 0 radical (unpaired) electrons. The normalized spacial score (nSPS) is 21.9. The van der Waals surface area contributed by atoms with Gasteiger partial charge in [-0.25, -0.2) is 4.98 Å². The van der Waals surface area contributed by atoms with Gasteiger partial charge >= 0.3 is 0 Å². The van der Waals surface area contributed by atoms with E-state index in [-0.39, 0.29) is 11.9 Å². The molecule has 3 heterocycles. The van der Waals surface area contributed by atoms with E-state index in [4.69, 9.17) is 0 Å². The Morgan fingerprint density at radius 2 is 1.96 bits per heavy atom. The molecule has 0 bridgehead atoms. The molecule has 23 heavy (non-hydrogen) atoms. The highest BCUT2D eigenvalue weighted by atomic mass is 16.2. The maximum Gasteiger partial charge on any atom is 0.256 e. The van der Waals surface area contributed by atoms with Gasteiger partial charge in [-0.15, -0.1) is 0 Å². The average molecular weight is 311 g/mol. The van der Waals surface area contributed by atoms with Crippen molar-refractivity contribution in [3.63, 3.8) is 0 Å². The van der Waals surface area contributed by atoms with E-state index in [1.165, 1.54) is 25.7 Å². The van der Waals surface area contributed by atoms with Crippen molar-refractivity contribution in [3.05, 3.63) is 42.2 Å². The third-order valence-electron chi connectivity index (χ3n) is 5.08. The van der Waals surface area contributed by atoms with Gasteiger partial charge in [-0.3, -0.25) is 4.79 Å². The molecule has 1 atom stereocenters. The smallest absolute Gasteiger partial charge is 0.256 e. The number of imidazole rings is 1. The lowest BCUT2D eigenvalue weighted by Gasteiger charge is -2.33. The first kappa shape index (κ1) is 14.4. The number of hydrogen-bond donors (Lipinski definition) is 0. The molecule has 2 aliphatic rings. The van der Waals surface area contributed by atoms with Gasteiger partial charge in [-0.05, 0) is 31.2 Å². The molecular formula is C17H21N5O. The third-order valence-corrected chi connectivity index (χ3v) is 5.08. The SMILES string of the molecule is O=C(c1ccnnc1)N1CCCn2ccnc2C1C1CCCC1. The van der Waals surface area contributed by atoms with Gasteiger partial charge in [0.05, 0.1) is 24.0 Å². The molecule has 0 aromatic carbocycles. The van der Waals surface area contributed by atoms with E-state index >= 15 is 0 Å². The lowest BCUT2D eigenvalue weighted by Crippen LogP contribution is -2.38. The van der Waals surface area contributed by atoms with Crippen LogP contribution in [0.4, 0.5) is 0 Å². The van der Waals surface area contributed by atoms with Crippen molar-refractivity contribution in [3.8, 4) is 0 Å². The fraction of sp³-hybridized carbons (Fsp3) is 0.529. The van der Waals surface area contributed by atoms with Crippen molar-refractivity contribution in [2.24, 2.45) is 5.92 Å². The number of carbonyl (C=O) groups excluding carboxylic acids is 1. The van der Waals surface area contributed by atoms with Crippen molar-refractivity contribution in [1.29, 1.82) is 0 Å². The summed E-state index contributed by atoms with van der Waals surface area (Å²) in [5.74, 6) is 1.60. The van der Waals surface area contributed by atoms with E-state index in [1.54, 1.807) is 18.5 Å². The Labute approximate surface area is 135 Å². The summed E-state index contributed by atoms with van der Waals surface area (Å²) in [6, 6.07) is 1.83. The van der Waals surface area contributed by atoms with Crippen LogP contribution in [0.1, 0.15) is 54.3 Å². The summed E-state index contributed by atoms with van der Waals surface area (Å²) in [5.41, 5.74) is 0.614. The molecule has 2 aromatic heterocycles. The number of aryl methyl sites for hydroxylation is 1. The van der Waals surface area contributed by atoms with Crippen molar-refractivity contribution in [2.45, 2.75) is 44.7 Å². The zero-order valence-corrected chi connectivity index (χ0v) is 13.1. The second-order valence-corrected chi connectivity index (χ2v) is 6.45. The van der Waals surface area contributed by atoms with Crippen molar-refractivity contribution < 1.29 is 4.79 Å². The maximum absolute atomic E-state index is 13.1. The zero-order chi connectivity index (χ0) is 15.6. The molecule has 120 valence electrons. The molecule has 0 saturated heterocycles. The van der Waals surface area contributed by atoms with E-state index in [0.717, 1.165) is 25.3 Å². The van der Waals surface area contributed by atoms with Gasteiger partial charge in [0.15, 0.2) is 0 Å². The number of rotatable bonds is 2. The van der Waals surface area contributed by atoms with Gasteiger partial charge in [-0.2, -0.15) is 10.2 Å². The lowest BCUT2D eigenvalue weighted by molar-refractivity contribution is 0.0602. The molecular weight excluding hydrogens is 290 g/mol. The van der Waals surface area contributed by atoms with E-state index in [0.29, 0.717) is 11.5 Å². The summed E-state index contributed by atoms with van der Waals surface area (Å²) in [4.78, 5) is 19.7. The van der Waals surface area contributed by atoms with Gasteiger partial charge in [0.25, 0.3) is 5.91 Å². The molecule has 6 heteroatoms. The summed E-state index contributed by atoms with van der Waals surface area (Å²) in [5, 5.41) is 7.64. The first-order chi connectivity index (χ1) is 11.3. The molecule has 1 saturated carbocycles. The summed E-state index contributed by atoms with van der Waals surface area (Å²) in [6.45, 7) is 1.70. The van der Waals surface area contributed by atoms with Gasteiger partial charge in [0.2, 0.25) is 0 Å². The predicted octanol–water partition coefficient (Wildman–Crippen LogP) is 2.45. The largest absolute Gasteiger partial charge is 0.333 e. The lowest BCUT2D eigenvalue weighted by atomic mass is 9.95. The Morgan fingerprint density at radius 3 is 2.74 bits per heavy atom. The van der Waals surface area contributed by atoms with Crippen LogP contribution in [0, 0.1) is 5.92 Å². The van der Waals surface area contributed by atoms with Crippen LogP contribution < -0.4 is 0 Å². The first-order valence-electron chi connectivity index (χ1n) is 8.43. The minimum atomic E-state index is 0.0493. The number of fused-ring (bicyclic) bond motifs is 1. The topological polar surface area (TPSA) is 63.9 Å². The van der Waals surface area contributed by atoms with Crippen LogP contribution in [0.3, 0.4) is 0 Å². The number of carbonyl (C=O) groups is 1. The fourth-order valence-corrected chi connectivity index (χ4v) is 4.02. The second-order valence-electron chi connectivity index (χ2n) is 6.45. The molecule has 1 unspecified atom stereocenters. The molecule has 0 N–H and O–H groups in total. The maximum atomic E-state index is 13.1. The van der Waals surface area contributed by atoms with Crippen LogP contribution in [-0.2, 0) is 6.54 Å². The van der Waals surface area contributed by atoms with Gasteiger partial charge in [0.1, 0.15) is 5.82 Å². The Bertz CT molecular complexity index is 677. The van der Waals surface area contributed by atoms with Crippen molar-refractivity contribution in [2.75, 3.05) is 6.54 Å². The minimum Gasteiger partial charge on any atom is -0.333 e. The van der Waals surface area contributed by atoms with Crippen LogP contribution in [-0.4, -0.2) is 37.1 Å². The van der Waals surface area contributed by atoms with Gasteiger partial charge in [-0.1, -0.05) is 12.8 Å². The van der Waals surface area contributed by atoms with Crippen LogP contribution in [0.2, 0.25) is 0 Å². The quantitative estimate of drug-likeness (QED) is 0.854. The number of nitrogens with zero attached hydrogens (tertiary/aromatic N) is 5. The molecule has 4 rings (SSSR count). The monoisotopic (exact) mass is 311 g/mol. The van der Waals surface area contributed by atoms with Crippen LogP contribution in [0.15, 0.2) is 30.9 Å². The highest BCUT2D eigenvalue weighted by molar-refractivity contribution is 5.94. The Balaban J connectivity index is 1.72. The highest BCUT2D eigenvalue weighted by Gasteiger charge is 2.38. The molecule has 1 aliphatic heterocycles. The molecule has 1 aliphatic carbocycles. The minimum absolute atomic E-state index is 0.0493. The molecule has 2 aromatic rings. The Hall–Kier alpha value is -2.24. The van der Waals surface area contributed by atoms with Crippen LogP contribution >= 0.6 is 0 Å². The first-order valence-corrected chi connectivity index (χ1v) is 8.43. The molecule has 1 amide bonds. The van der Waals surface area contributed by atoms with Crippen molar-refractivity contribution >= 4 is 5.91 Å². The highest BCUT2D eigenvalue weighted by Crippen LogP contribution is 2.40. The Morgan fingerprint density at radius 1 is 1.09 bits per heavy atom. The summed E-state index contributed by atoms with van der Waals surface area (Å²) >= 11 is 0. The fourth-order valence-electron chi connectivity index (χ4n) is 4.02. The zero-order valence-electron chi connectivity index (χ0n) is 13.1. The van der Waals surface area contributed by atoms with Gasteiger partial charge in [0, 0.05) is 25.5 Å².